The molecule has 2 aromatic rings. The Morgan fingerprint density at radius 2 is 1.84 bits per heavy atom. The van der Waals surface area contributed by atoms with Crippen LogP contribution in [-0.4, -0.2) is 12.6 Å². The van der Waals surface area contributed by atoms with Gasteiger partial charge >= 0.3 is 5.97 Å². The fraction of sp³-hybridized carbons (Fsp3) is 0.188. The highest BCUT2D eigenvalue weighted by Crippen LogP contribution is 2.21. The van der Waals surface area contributed by atoms with E-state index in [2.05, 4.69) is 15.9 Å². The van der Waals surface area contributed by atoms with Crippen LogP contribution in [0, 0.1) is 6.92 Å². The summed E-state index contributed by atoms with van der Waals surface area (Å²) >= 11 is 3.42. The molecule has 0 bridgehead atoms. The van der Waals surface area contributed by atoms with E-state index in [0.29, 0.717) is 12.2 Å². The van der Waals surface area contributed by atoms with Crippen LogP contribution in [0.4, 0.5) is 0 Å². The van der Waals surface area contributed by atoms with Crippen molar-refractivity contribution in [1.82, 2.24) is 0 Å². The Morgan fingerprint density at radius 1 is 1.11 bits per heavy atom. The zero-order valence-corrected chi connectivity index (χ0v) is 12.3. The Hall–Kier alpha value is -1.61. The average molecular weight is 319 g/mol. The second kappa shape index (κ2) is 6.53. The number of carbonyl (C=O) groups excluding carboxylic acids is 1. The van der Waals surface area contributed by atoms with Crippen LogP contribution in [0.5, 0.6) is 0 Å². The van der Waals surface area contributed by atoms with E-state index in [-0.39, 0.29) is 5.97 Å². The summed E-state index contributed by atoms with van der Waals surface area (Å²) in [5.74, 6) is -0.286. The molecule has 0 N–H and O–H groups in total. The summed E-state index contributed by atoms with van der Waals surface area (Å²) in [6, 6.07) is 15.6. The summed E-state index contributed by atoms with van der Waals surface area (Å²) in [4.78, 5) is 12.0. The average Bonchev–Trinajstić information content (AvgIpc) is 2.43. The Labute approximate surface area is 121 Å². The minimum absolute atomic E-state index is 0.286. The summed E-state index contributed by atoms with van der Waals surface area (Å²) in [6.07, 6.45) is 0.732. The van der Waals surface area contributed by atoms with Gasteiger partial charge in [-0.3, -0.25) is 0 Å². The Balaban J connectivity index is 1.93. The minimum Gasteiger partial charge on any atom is -0.462 e. The van der Waals surface area contributed by atoms with Crippen molar-refractivity contribution < 1.29 is 9.53 Å². The summed E-state index contributed by atoms with van der Waals surface area (Å²) in [5.41, 5.74) is 2.77. The van der Waals surface area contributed by atoms with Crippen LogP contribution in [0.3, 0.4) is 0 Å². The van der Waals surface area contributed by atoms with Crippen LogP contribution in [-0.2, 0) is 11.2 Å². The van der Waals surface area contributed by atoms with Gasteiger partial charge < -0.3 is 4.74 Å². The molecule has 0 aliphatic carbocycles. The van der Waals surface area contributed by atoms with Crippen LogP contribution >= 0.6 is 15.9 Å². The minimum atomic E-state index is -0.286. The molecule has 0 saturated heterocycles. The van der Waals surface area contributed by atoms with Crippen LogP contribution in [0.2, 0.25) is 0 Å². The number of carbonyl (C=O) groups is 1. The molecule has 2 nitrogen and oxygen atoms in total. The maximum absolute atomic E-state index is 12.0. The Bertz CT molecular complexity index is 564. The maximum atomic E-state index is 12.0. The van der Waals surface area contributed by atoms with Gasteiger partial charge in [0.15, 0.2) is 0 Å². The highest BCUT2D eigenvalue weighted by Gasteiger charge is 2.12. The van der Waals surface area contributed by atoms with Crippen molar-refractivity contribution in [3.63, 3.8) is 0 Å². The summed E-state index contributed by atoms with van der Waals surface area (Å²) in [7, 11) is 0. The molecular weight excluding hydrogens is 304 g/mol. The molecule has 98 valence electrons. The monoisotopic (exact) mass is 318 g/mol. The van der Waals surface area contributed by atoms with Gasteiger partial charge in [0.25, 0.3) is 0 Å². The first-order valence-corrected chi connectivity index (χ1v) is 6.94. The second-order valence-corrected chi connectivity index (χ2v) is 5.10. The Kier molecular flexibility index (Phi) is 4.74. The predicted molar refractivity (Wildman–Crippen MR) is 79.3 cm³/mol. The largest absolute Gasteiger partial charge is 0.462 e. The molecule has 2 aromatic carbocycles. The number of benzene rings is 2. The summed E-state index contributed by atoms with van der Waals surface area (Å²) < 4.78 is 6.10. The van der Waals surface area contributed by atoms with Gasteiger partial charge in [0.1, 0.15) is 0 Å². The van der Waals surface area contributed by atoms with E-state index in [4.69, 9.17) is 4.74 Å². The lowest BCUT2D eigenvalue weighted by Crippen LogP contribution is -2.09. The number of ether oxygens (including phenoxy) is 1. The van der Waals surface area contributed by atoms with Crippen molar-refractivity contribution in [3.8, 4) is 0 Å². The van der Waals surface area contributed by atoms with Crippen LogP contribution < -0.4 is 0 Å². The number of hydrogen-bond donors (Lipinski definition) is 0. The van der Waals surface area contributed by atoms with E-state index in [9.17, 15) is 4.79 Å². The van der Waals surface area contributed by atoms with Gasteiger partial charge in [-0.25, -0.2) is 4.79 Å². The first-order valence-electron chi connectivity index (χ1n) is 6.14. The van der Waals surface area contributed by atoms with Crippen molar-refractivity contribution in [2.75, 3.05) is 6.61 Å². The molecule has 0 aromatic heterocycles. The number of esters is 1. The van der Waals surface area contributed by atoms with Crippen molar-refractivity contribution in [1.29, 1.82) is 0 Å². The van der Waals surface area contributed by atoms with E-state index in [1.165, 1.54) is 5.56 Å². The molecule has 0 aliphatic heterocycles. The fourth-order valence-corrected chi connectivity index (χ4v) is 2.22. The molecule has 0 atom stereocenters. The van der Waals surface area contributed by atoms with Crippen molar-refractivity contribution in [2.24, 2.45) is 0 Å². The molecule has 0 spiro atoms. The molecule has 0 fully saturated rings. The van der Waals surface area contributed by atoms with Gasteiger partial charge in [-0.05, 0) is 40.0 Å². The third-order valence-corrected chi connectivity index (χ3v) is 3.93. The molecule has 0 heterocycles. The molecule has 0 saturated carbocycles. The second-order valence-electron chi connectivity index (χ2n) is 4.31. The van der Waals surface area contributed by atoms with Crippen LogP contribution in [0.15, 0.2) is 53.0 Å². The van der Waals surface area contributed by atoms with E-state index >= 15 is 0 Å². The molecule has 0 unspecified atom stereocenters. The third-order valence-electron chi connectivity index (χ3n) is 2.88. The van der Waals surface area contributed by atoms with E-state index in [0.717, 1.165) is 16.5 Å². The molecule has 3 heteroatoms. The fourth-order valence-electron chi connectivity index (χ4n) is 1.79. The lowest BCUT2D eigenvalue weighted by Gasteiger charge is -2.08. The summed E-state index contributed by atoms with van der Waals surface area (Å²) in [5, 5.41) is 0. The topological polar surface area (TPSA) is 26.3 Å². The first-order chi connectivity index (χ1) is 9.18. The predicted octanol–water partition coefficient (Wildman–Crippen LogP) is 4.16. The van der Waals surface area contributed by atoms with E-state index in [1.54, 1.807) is 6.07 Å². The summed E-state index contributed by atoms with van der Waals surface area (Å²) in [6.45, 7) is 2.34. The zero-order chi connectivity index (χ0) is 13.7. The number of hydrogen-bond acceptors (Lipinski definition) is 2. The lowest BCUT2D eigenvalue weighted by atomic mass is 10.1. The maximum Gasteiger partial charge on any atom is 0.339 e. The molecule has 0 radical (unpaired) electrons. The van der Waals surface area contributed by atoms with Crippen LogP contribution in [0.1, 0.15) is 21.5 Å². The standard InChI is InChI=1S/C16H15BrO2/c1-12-6-5-9-14(15(12)17)16(18)19-11-10-13-7-3-2-4-8-13/h2-9H,10-11H2,1H3. The van der Waals surface area contributed by atoms with Gasteiger partial charge in [-0.1, -0.05) is 42.5 Å². The molecule has 2 rings (SSSR count). The van der Waals surface area contributed by atoms with Gasteiger partial charge in [-0.15, -0.1) is 0 Å². The molecule has 0 amide bonds. The zero-order valence-electron chi connectivity index (χ0n) is 10.7. The van der Waals surface area contributed by atoms with Gasteiger partial charge in [0, 0.05) is 10.9 Å². The first kappa shape index (κ1) is 13.8. The number of rotatable bonds is 4. The smallest absolute Gasteiger partial charge is 0.339 e. The van der Waals surface area contributed by atoms with Gasteiger partial charge in [-0.2, -0.15) is 0 Å². The lowest BCUT2D eigenvalue weighted by molar-refractivity contribution is 0.0508. The van der Waals surface area contributed by atoms with E-state index in [1.807, 2.05) is 49.4 Å². The molecular formula is C16H15BrO2. The SMILES string of the molecule is Cc1cccc(C(=O)OCCc2ccccc2)c1Br. The normalized spacial score (nSPS) is 10.2. The highest BCUT2D eigenvalue weighted by molar-refractivity contribution is 9.10. The molecule has 0 aliphatic rings. The Morgan fingerprint density at radius 3 is 2.58 bits per heavy atom. The van der Waals surface area contributed by atoms with Crippen molar-refractivity contribution >= 4 is 21.9 Å². The van der Waals surface area contributed by atoms with Gasteiger partial charge in [0.2, 0.25) is 0 Å². The van der Waals surface area contributed by atoms with Crippen molar-refractivity contribution in [2.45, 2.75) is 13.3 Å². The number of halogens is 1. The van der Waals surface area contributed by atoms with Crippen molar-refractivity contribution in [3.05, 3.63) is 69.7 Å². The quantitative estimate of drug-likeness (QED) is 0.791. The van der Waals surface area contributed by atoms with E-state index < -0.39 is 0 Å². The third kappa shape index (κ3) is 3.67. The number of aryl methyl sites for hydroxylation is 1. The molecule has 19 heavy (non-hydrogen) atoms. The van der Waals surface area contributed by atoms with Gasteiger partial charge in [0.05, 0.1) is 12.2 Å². The van der Waals surface area contributed by atoms with Crippen LogP contribution in [0.25, 0.3) is 0 Å². The highest BCUT2D eigenvalue weighted by atomic mass is 79.9.